The van der Waals surface area contributed by atoms with Crippen molar-refractivity contribution in [2.24, 2.45) is 0 Å². The first kappa shape index (κ1) is 14.5. The van der Waals surface area contributed by atoms with E-state index in [1.165, 1.54) is 62.5 Å². The summed E-state index contributed by atoms with van der Waals surface area (Å²) in [6.45, 7) is 9.50. The van der Waals surface area contributed by atoms with Crippen LogP contribution in [0.2, 0.25) is 0 Å². The van der Waals surface area contributed by atoms with Crippen LogP contribution in [0.25, 0.3) is 0 Å². The topological polar surface area (TPSA) is 0 Å². The molecule has 0 fully saturated rings. The van der Waals surface area contributed by atoms with E-state index in [1.807, 2.05) is 0 Å². The molecule has 1 rings (SSSR count). The standard InChI is InChI=1S/C16H30N/c1-4-7-11-16-12-10-15-17(16,13-8-5-2)14-9-6-3/h10,12,15H,4-9,11,13-14H2,1-3H3/q+1. The number of rotatable bonds is 9. The molecule has 0 N–H and O–H groups in total. The van der Waals surface area contributed by atoms with Gasteiger partial charge >= 0.3 is 0 Å². The van der Waals surface area contributed by atoms with Gasteiger partial charge in [0.15, 0.2) is 0 Å². The van der Waals surface area contributed by atoms with Crippen molar-refractivity contribution in [2.45, 2.75) is 65.7 Å². The predicted octanol–water partition coefficient (Wildman–Crippen LogP) is 5.00. The van der Waals surface area contributed by atoms with E-state index in [1.54, 1.807) is 5.70 Å². The van der Waals surface area contributed by atoms with Crippen molar-refractivity contribution in [3.05, 3.63) is 24.0 Å². The Hall–Kier alpha value is -0.560. The van der Waals surface area contributed by atoms with Gasteiger partial charge in [-0.2, -0.15) is 0 Å². The monoisotopic (exact) mass is 236 g/mol. The predicted molar refractivity (Wildman–Crippen MR) is 76.6 cm³/mol. The summed E-state index contributed by atoms with van der Waals surface area (Å²) >= 11 is 0. The number of quaternary nitrogens is 1. The lowest BCUT2D eigenvalue weighted by atomic mass is 10.1. The van der Waals surface area contributed by atoms with Gasteiger partial charge in [-0.3, -0.25) is 4.48 Å². The number of hydrogen-bond acceptors (Lipinski definition) is 0. The van der Waals surface area contributed by atoms with Crippen LogP contribution < -0.4 is 0 Å². The van der Waals surface area contributed by atoms with Crippen LogP contribution in [0.4, 0.5) is 0 Å². The van der Waals surface area contributed by atoms with Gasteiger partial charge in [0.25, 0.3) is 0 Å². The number of hydrogen-bond donors (Lipinski definition) is 0. The van der Waals surface area contributed by atoms with Gasteiger partial charge in [-0.15, -0.1) is 0 Å². The highest BCUT2D eigenvalue weighted by atomic mass is 15.4. The Morgan fingerprint density at radius 2 is 1.47 bits per heavy atom. The molecule has 0 bridgehead atoms. The first-order valence-electron chi connectivity index (χ1n) is 7.54. The van der Waals surface area contributed by atoms with Crippen molar-refractivity contribution < 1.29 is 4.48 Å². The van der Waals surface area contributed by atoms with Crippen LogP contribution in [0.1, 0.15) is 65.7 Å². The molecule has 0 saturated carbocycles. The SMILES string of the molecule is CCCCC1=CC=C[N+]1(CCCC)CCCC. The van der Waals surface area contributed by atoms with Gasteiger partial charge in [0.1, 0.15) is 11.9 Å². The average Bonchev–Trinajstić information content (AvgIpc) is 2.75. The molecule has 0 aromatic carbocycles. The molecule has 0 atom stereocenters. The number of unbranched alkanes of at least 4 members (excludes halogenated alkanes) is 3. The molecular weight excluding hydrogens is 206 g/mol. The third-order valence-electron chi connectivity index (χ3n) is 3.84. The molecule has 98 valence electrons. The minimum atomic E-state index is 1.17. The second-order valence-corrected chi connectivity index (χ2v) is 5.29. The summed E-state index contributed by atoms with van der Waals surface area (Å²) < 4.78 is 1.17. The van der Waals surface area contributed by atoms with E-state index in [-0.39, 0.29) is 0 Å². The Kier molecular flexibility index (Phi) is 6.57. The Balaban J connectivity index is 2.66. The molecular formula is C16H30N+. The lowest BCUT2D eigenvalue weighted by Crippen LogP contribution is -2.41. The fourth-order valence-corrected chi connectivity index (χ4v) is 2.66. The van der Waals surface area contributed by atoms with Crippen molar-refractivity contribution in [3.63, 3.8) is 0 Å². The lowest BCUT2D eigenvalue weighted by Gasteiger charge is -2.34. The molecule has 0 amide bonds. The largest absolute Gasteiger partial charge is 0.268 e. The maximum Gasteiger partial charge on any atom is 0.114 e. The van der Waals surface area contributed by atoms with E-state index in [9.17, 15) is 0 Å². The molecule has 0 spiro atoms. The van der Waals surface area contributed by atoms with E-state index in [0.717, 1.165) is 0 Å². The second kappa shape index (κ2) is 7.71. The van der Waals surface area contributed by atoms with Crippen LogP contribution in [0.5, 0.6) is 0 Å². The van der Waals surface area contributed by atoms with Gasteiger partial charge < -0.3 is 0 Å². The lowest BCUT2D eigenvalue weighted by molar-refractivity contribution is -0.841. The van der Waals surface area contributed by atoms with Gasteiger partial charge in [0.05, 0.1) is 13.1 Å². The first-order valence-corrected chi connectivity index (χ1v) is 7.54. The Labute approximate surface area is 108 Å². The zero-order chi connectivity index (χ0) is 12.6. The summed E-state index contributed by atoms with van der Waals surface area (Å²) in [6, 6.07) is 0. The molecule has 17 heavy (non-hydrogen) atoms. The Bertz CT molecular complexity index is 255. The quantitative estimate of drug-likeness (QED) is 0.494. The van der Waals surface area contributed by atoms with Gasteiger partial charge in [-0.1, -0.05) is 40.0 Å². The van der Waals surface area contributed by atoms with Crippen molar-refractivity contribution >= 4 is 0 Å². The van der Waals surface area contributed by atoms with Crippen molar-refractivity contribution in [2.75, 3.05) is 13.1 Å². The van der Waals surface area contributed by atoms with Crippen LogP contribution in [0.15, 0.2) is 24.0 Å². The smallest absolute Gasteiger partial charge is 0.114 e. The zero-order valence-corrected chi connectivity index (χ0v) is 12.0. The van der Waals surface area contributed by atoms with Gasteiger partial charge in [-0.05, 0) is 25.3 Å². The Morgan fingerprint density at radius 1 is 0.882 bits per heavy atom. The summed E-state index contributed by atoms with van der Waals surface area (Å²) in [5.41, 5.74) is 1.66. The fraction of sp³-hybridized carbons (Fsp3) is 0.750. The summed E-state index contributed by atoms with van der Waals surface area (Å²) in [6.07, 6.45) is 16.3. The molecule has 1 aliphatic heterocycles. The third-order valence-corrected chi connectivity index (χ3v) is 3.84. The van der Waals surface area contributed by atoms with Gasteiger partial charge in [0, 0.05) is 12.5 Å². The van der Waals surface area contributed by atoms with Crippen LogP contribution >= 0.6 is 0 Å². The number of allylic oxidation sites excluding steroid dienone is 3. The molecule has 1 heterocycles. The van der Waals surface area contributed by atoms with Crippen molar-refractivity contribution in [1.29, 1.82) is 0 Å². The molecule has 0 unspecified atom stereocenters. The van der Waals surface area contributed by atoms with E-state index in [0.29, 0.717) is 0 Å². The van der Waals surface area contributed by atoms with Crippen molar-refractivity contribution in [3.8, 4) is 0 Å². The van der Waals surface area contributed by atoms with Gasteiger partial charge in [0.2, 0.25) is 0 Å². The van der Waals surface area contributed by atoms with Crippen LogP contribution in [-0.2, 0) is 0 Å². The van der Waals surface area contributed by atoms with E-state index < -0.39 is 0 Å². The van der Waals surface area contributed by atoms with E-state index in [2.05, 4.69) is 39.1 Å². The second-order valence-electron chi connectivity index (χ2n) is 5.29. The third kappa shape index (κ3) is 3.99. The van der Waals surface area contributed by atoms with Crippen molar-refractivity contribution in [1.82, 2.24) is 0 Å². The molecule has 1 aliphatic rings. The summed E-state index contributed by atoms with van der Waals surface area (Å²) in [5, 5.41) is 0. The molecule has 0 radical (unpaired) electrons. The highest BCUT2D eigenvalue weighted by molar-refractivity contribution is 5.13. The number of nitrogens with zero attached hydrogens (tertiary/aromatic N) is 1. The summed E-state index contributed by atoms with van der Waals surface area (Å²) in [7, 11) is 0. The Morgan fingerprint density at radius 3 is 2.00 bits per heavy atom. The molecule has 0 aromatic heterocycles. The van der Waals surface area contributed by atoms with Gasteiger partial charge in [-0.25, -0.2) is 0 Å². The minimum Gasteiger partial charge on any atom is -0.268 e. The average molecular weight is 236 g/mol. The minimum absolute atomic E-state index is 1.17. The normalized spacial score (nSPS) is 17.5. The maximum atomic E-state index is 2.44. The summed E-state index contributed by atoms with van der Waals surface area (Å²) in [5.74, 6) is 0. The summed E-state index contributed by atoms with van der Waals surface area (Å²) in [4.78, 5) is 0. The maximum absolute atomic E-state index is 2.44. The first-order chi connectivity index (χ1) is 8.29. The van der Waals surface area contributed by atoms with E-state index >= 15 is 0 Å². The molecule has 1 nitrogen and oxygen atoms in total. The zero-order valence-electron chi connectivity index (χ0n) is 12.0. The highest BCUT2D eigenvalue weighted by Gasteiger charge is 2.31. The highest BCUT2D eigenvalue weighted by Crippen LogP contribution is 2.30. The molecule has 0 aromatic rings. The van der Waals surface area contributed by atoms with Crippen LogP contribution in [0, 0.1) is 0 Å². The van der Waals surface area contributed by atoms with Crippen LogP contribution in [-0.4, -0.2) is 17.6 Å². The fourth-order valence-electron chi connectivity index (χ4n) is 2.66. The van der Waals surface area contributed by atoms with Crippen LogP contribution in [0.3, 0.4) is 0 Å². The van der Waals surface area contributed by atoms with E-state index in [4.69, 9.17) is 0 Å². The molecule has 0 aliphatic carbocycles. The molecule has 0 saturated heterocycles. The molecule has 1 heteroatoms.